The number of aliphatic hydroxyl groups excluding tert-OH is 1. The number of rotatable bonds is 2. The van der Waals surface area contributed by atoms with Gasteiger partial charge in [0, 0.05) is 5.56 Å². The standard InChI is InChI=1S/C8H8O3.CH4S/c9-5-8(11)6-1-3-7(10)4-2-6;1-2/h1-4,9-10H,5H2;2H,1H3. The molecule has 72 valence electrons. The first-order valence-corrected chi connectivity index (χ1v) is 4.51. The molecule has 0 aromatic heterocycles. The molecule has 0 bridgehead atoms. The maximum atomic E-state index is 10.8. The number of hydrogen-bond donors (Lipinski definition) is 3. The van der Waals surface area contributed by atoms with Crippen LogP contribution in [0.1, 0.15) is 10.4 Å². The zero-order chi connectivity index (χ0) is 10.3. The lowest BCUT2D eigenvalue weighted by atomic mass is 10.1. The van der Waals surface area contributed by atoms with Crippen LogP contribution in [0.25, 0.3) is 0 Å². The van der Waals surface area contributed by atoms with Gasteiger partial charge in [-0.05, 0) is 30.5 Å². The van der Waals surface area contributed by atoms with Gasteiger partial charge in [-0.1, -0.05) is 0 Å². The predicted molar refractivity (Wildman–Crippen MR) is 54.4 cm³/mol. The molecule has 13 heavy (non-hydrogen) atoms. The topological polar surface area (TPSA) is 57.5 Å². The van der Waals surface area contributed by atoms with Gasteiger partial charge in [-0.2, -0.15) is 12.6 Å². The van der Waals surface area contributed by atoms with Crippen molar-refractivity contribution in [2.45, 2.75) is 0 Å². The summed E-state index contributed by atoms with van der Waals surface area (Å²) in [7, 11) is 0. The Morgan fingerprint density at radius 3 is 2.15 bits per heavy atom. The predicted octanol–water partition coefficient (Wildman–Crippen LogP) is 1.11. The maximum Gasteiger partial charge on any atom is 0.188 e. The van der Waals surface area contributed by atoms with E-state index in [0.29, 0.717) is 5.56 Å². The Labute approximate surface area is 82.4 Å². The number of benzene rings is 1. The smallest absolute Gasteiger partial charge is 0.188 e. The first-order valence-electron chi connectivity index (χ1n) is 3.62. The van der Waals surface area contributed by atoms with Crippen LogP contribution in [0.4, 0.5) is 0 Å². The molecule has 0 heterocycles. The van der Waals surface area contributed by atoms with Crippen molar-refractivity contribution >= 4 is 18.4 Å². The van der Waals surface area contributed by atoms with Gasteiger partial charge in [-0.15, -0.1) is 0 Å². The summed E-state index contributed by atoms with van der Waals surface area (Å²) in [4.78, 5) is 10.8. The molecule has 4 heteroatoms. The first kappa shape index (κ1) is 12.0. The molecule has 0 aliphatic carbocycles. The highest BCUT2D eigenvalue weighted by atomic mass is 32.1. The fourth-order valence-corrected chi connectivity index (χ4v) is 0.739. The van der Waals surface area contributed by atoms with Crippen LogP contribution >= 0.6 is 12.6 Å². The molecule has 0 radical (unpaired) electrons. The Morgan fingerprint density at radius 2 is 1.77 bits per heavy atom. The number of hydrogen-bond acceptors (Lipinski definition) is 4. The van der Waals surface area contributed by atoms with Crippen LogP contribution in [-0.2, 0) is 0 Å². The van der Waals surface area contributed by atoms with Crippen molar-refractivity contribution in [2.75, 3.05) is 12.9 Å². The van der Waals surface area contributed by atoms with Crippen molar-refractivity contribution in [1.82, 2.24) is 0 Å². The van der Waals surface area contributed by atoms with E-state index in [1.165, 1.54) is 24.3 Å². The monoisotopic (exact) mass is 200 g/mol. The van der Waals surface area contributed by atoms with E-state index < -0.39 is 6.61 Å². The number of aromatic hydroxyl groups is 1. The van der Waals surface area contributed by atoms with Crippen LogP contribution in [0.15, 0.2) is 24.3 Å². The zero-order valence-corrected chi connectivity index (χ0v) is 8.16. The summed E-state index contributed by atoms with van der Waals surface area (Å²) in [6.45, 7) is -0.495. The first-order chi connectivity index (χ1) is 6.24. The molecule has 1 aromatic carbocycles. The third-order valence-electron chi connectivity index (χ3n) is 1.33. The molecule has 1 rings (SSSR count). The van der Waals surface area contributed by atoms with E-state index in [9.17, 15) is 4.79 Å². The molecule has 0 amide bonds. The van der Waals surface area contributed by atoms with Gasteiger partial charge in [0.05, 0.1) is 0 Å². The van der Waals surface area contributed by atoms with Gasteiger partial charge in [0.15, 0.2) is 5.78 Å². The normalized spacial score (nSPS) is 8.54. The van der Waals surface area contributed by atoms with Crippen molar-refractivity contribution in [3.63, 3.8) is 0 Å². The van der Waals surface area contributed by atoms with Gasteiger partial charge in [0.2, 0.25) is 0 Å². The third kappa shape index (κ3) is 3.96. The largest absolute Gasteiger partial charge is 0.508 e. The highest BCUT2D eigenvalue weighted by Gasteiger charge is 2.01. The molecule has 0 atom stereocenters. The van der Waals surface area contributed by atoms with E-state index in [4.69, 9.17) is 10.2 Å². The Bertz CT molecular complexity index is 256. The van der Waals surface area contributed by atoms with Crippen LogP contribution in [0.5, 0.6) is 5.75 Å². The molecule has 0 saturated carbocycles. The van der Waals surface area contributed by atoms with E-state index in [0.717, 1.165) is 0 Å². The second-order valence-electron chi connectivity index (χ2n) is 2.13. The highest BCUT2D eigenvalue weighted by Crippen LogP contribution is 2.09. The van der Waals surface area contributed by atoms with Crippen LogP contribution in [0, 0.1) is 0 Å². The third-order valence-corrected chi connectivity index (χ3v) is 1.33. The lowest BCUT2D eigenvalue weighted by Gasteiger charge is -1.95. The minimum Gasteiger partial charge on any atom is -0.508 e. The maximum absolute atomic E-state index is 10.8. The number of aliphatic hydroxyl groups is 1. The molecule has 0 aliphatic rings. The van der Waals surface area contributed by atoms with E-state index in [1.54, 1.807) is 6.26 Å². The molecule has 3 nitrogen and oxygen atoms in total. The summed E-state index contributed by atoms with van der Waals surface area (Å²) in [5.41, 5.74) is 0.408. The molecule has 1 aromatic rings. The van der Waals surface area contributed by atoms with Crippen molar-refractivity contribution < 1.29 is 15.0 Å². The van der Waals surface area contributed by atoms with Gasteiger partial charge < -0.3 is 10.2 Å². The summed E-state index contributed by atoms with van der Waals surface area (Å²) in [6.07, 6.45) is 1.69. The van der Waals surface area contributed by atoms with Gasteiger partial charge in [-0.25, -0.2) is 0 Å². The fraction of sp³-hybridized carbons (Fsp3) is 0.222. The summed E-state index contributed by atoms with van der Waals surface area (Å²) in [5.74, 6) is -0.232. The van der Waals surface area contributed by atoms with Gasteiger partial charge in [0.25, 0.3) is 0 Å². The highest BCUT2D eigenvalue weighted by molar-refractivity contribution is 7.79. The second kappa shape index (κ2) is 6.51. The Morgan fingerprint density at radius 1 is 1.31 bits per heavy atom. The van der Waals surface area contributed by atoms with Crippen molar-refractivity contribution in [1.29, 1.82) is 0 Å². The van der Waals surface area contributed by atoms with Crippen molar-refractivity contribution in [3.8, 4) is 5.75 Å². The molecule has 0 spiro atoms. The summed E-state index contributed by atoms with van der Waals surface area (Å²) < 4.78 is 0. The quantitative estimate of drug-likeness (QED) is 0.495. The summed E-state index contributed by atoms with van der Waals surface area (Å²) in [5, 5.41) is 17.3. The van der Waals surface area contributed by atoms with E-state index in [1.807, 2.05) is 0 Å². The molecule has 0 aliphatic heterocycles. The fourth-order valence-electron chi connectivity index (χ4n) is 0.739. The van der Waals surface area contributed by atoms with E-state index >= 15 is 0 Å². The lowest BCUT2D eigenvalue weighted by molar-refractivity contribution is 0.0904. The van der Waals surface area contributed by atoms with Crippen LogP contribution in [0.2, 0.25) is 0 Å². The summed E-state index contributed by atoms with van der Waals surface area (Å²) >= 11 is 3.53. The van der Waals surface area contributed by atoms with E-state index in [2.05, 4.69) is 12.6 Å². The Hall–Kier alpha value is -1.00. The number of carbonyl (C=O) groups is 1. The molecule has 2 N–H and O–H groups in total. The number of thiol groups is 1. The summed E-state index contributed by atoms with van der Waals surface area (Å²) in [6, 6.07) is 5.74. The van der Waals surface area contributed by atoms with Gasteiger partial charge in [0.1, 0.15) is 12.4 Å². The number of phenolic OH excluding ortho intramolecular Hbond substituents is 1. The lowest BCUT2D eigenvalue weighted by Crippen LogP contribution is -2.03. The minimum absolute atomic E-state index is 0.111. The molecule has 0 saturated heterocycles. The second-order valence-corrected chi connectivity index (χ2v) is 2.13. The van der Waals surface area contributed by atoms with E-state index in [-0.39, 0.29) is 11.5 Å². The SMILES string of the molecule is CS.O=C(CO)c1ccc(O)cc1. The number of phenols is 1. The Balaban J connectivity index is 0.000000671. The Kier molecular flexibility index (Phi) is 6.01. The molecular weight excluding hydrogens is 188 g/mol. The van der Waals surface area contributed by atoms with Crippen molar-refractivity contribution in [2.24, 2.45) is 0 Å². The average molecular weight is 200 g/mol. The van der Waals surface area contributed by atoms with Crippen LogP contribution in [0.3, 0.4) is 0 Å². The number of carbonyl (C=O) groups excluding carboxylic acids is 1. The average Bonchev–Trinajstić information content (AvgIpc) is 2.21. The minimum atomic E-state index is -0.495. The molecule has 0 unspecified atom stereocenters. The van der Waals surface area contributed by atoms with Crippen LogP contribution < -0.4 is 0 Å². The molecule has 0 fully saturated rings. The van der Waals surface area contributed by atoms with Crippen LogP contribution in [-0.4, -0.2) is 28.9 Å². The van der Waals surface area contributed by atoms with Gasteiger partial charge in [-0.3, -0.25) is 4.79 Å². The zero-order valence-electron chi connectivity index (χ0n) is 7.27. The van der Waals surface area contributed by atoms with Gasteiger partial charge >= 0.3 is 0 Å². The number of ketones is 1. The number of Topliss-reactive ketones (excluding diaryl/α,β-unsaturated/α-hetero) is 1. The van der Waals surface area contributed by atoms with Crippen molar-refractivity contribution in [3.05, 3.63) is 29.8 Å². The molecular formula is C9H12O3S.